The van der Waals surface area contributed by atoms with Crippen LogP contribution in [0.25, 0.3) is 17.0 Å². The maximum Gasteiger partial charge on any atom is 0.330 e. The van der Waals surface area contributed by atoms with Crippen LogP contribution >= 0.6 is 11.6 Å². The third kappa shape index (κ3) is 4.27. The standard InChI is InChI=1S/C20H18ClNO2/c21-17-9-10-19-18(13-17)16(14-22-19)7-4-12-24-20(23)11-8-15-5-2-1-3-6-15/h1-3,5-6,8-11,13-14,22H,4,7,12H2/b11-8+. The smallest absolute Gasteiger partial charge is 0.330 e. The normalized spacial score (nSPS) is 11.2. The number of benzene rings is 2. The van der Waals surface area contributed by atoms with Gasteiger partial charge in [-0.15, -0.1) is 0 Å². The maximum atomic E-state index is 11.7. The summed E-state index contributed by atoms with van der Waals surface area (Å²) in [6, 6.07) is 15.5. The zero-order chi connectivity index (χ0) is 16.8. The van der Waals surface area contributed by atoms with Crippen molar-refractivity contribution in [1.29, 1.82) is 0 Å². The Labute approximate surface area is 145 Å². The number of aryl methyl sites for hydroxylation is 1. The highest BCUT2D eigenvalue weighted by molar-refractivity contribution is 6.31. The van der Waals surface area contributed by atoms with Crippen molar-refractivity contribution in [3.8, 4) is 0 Å². The number of carbonyl (C=O) groups excluding carboxylic acids is 1. The van der Waals surface area contributed by atoms with Crippen molar-refractivity contribution in [1.82, 2.24) is 4.98 Å². The molecule has 0 fully saturated rings. The molecule has 0 saturated carbocycles. The lowest BCUT2D eigenvalue weighted by Crippen LogP contribution is -2.03. The molecule has 3 aromatic rings. The zero-order valence-corrected chi connectivity index (χ0v) is 13.9. The van der Waals surface area contributed by atoms with Crippen LogP contribution in [0.4, 0.5) is 0 Å². The van der Waals surface area contributed by atoms with Crippen LogP contribution in [0, 0.1) is 0 Å². The quantitative estimate of drug-likeness (QED) is 0.389. The fraction of sp³-hybridized carbons (Fsp3) is 0.150. The van der Waals surface area contributed by atoms with E-state index in [1.807, 2.05) is 54.7 Å². The monoisotopic (exact) mass is 339 g/mol. The summed E-state index contributed by atoms with van der Waals surface area (Å²) < 4.78 is 5.24. The first kappa shape index (κ1) is 16.3. The average molecular weight is 340 g/mol. The molecule has 0 atom stereocenters. The fourth-order valence-electron chi connectivity index (χ4n) is 2.57. The SMILES string of the molecule is O=C(/C=C/c1ccccc1)OCCCc1c[nH]c2ccc(Cl)cc12. The molecule has 1 heterocycles. The molecule has 0 aliphatic carbocycles. The number of aromatic nitrogens is 1. The van der Waals surface area contributed by atoms with E-state index in [0.717, 1.165) is 34.3 Å². The summed E-state index contributed by atoms with van der Waals surface area (Å²) in [7, 11) is 0. The van der Waals surface area contributed by atoms with Crippen LogP contribution in [0.2, 0.25) is 5.02 Å². The van der Waals surface area contributed by atoms with Crippen LogP contribution in [0.3, 0.4) is 0 Å². The molecule has 3 rings (SSSR count). The van der Waals surface area contributed by atoms with Crippen LogP contribution in [0.15, 0.2) is 60.8 Å². The number of carbonyl (C=O) groups is 1. The van der Waals surface area contributed by atoms with Gasteiger partial charge < -0.3 is 9.72 Å². The van der Waals surface area contributed by atoms with E-state index in [2.05, 4.69) is 4.98 Å². The summed E-state index contributed by atoms with van der Waals surface area (Å²) in [6.07, 6.45) is 6.79. The van der Waals surface area contributed by atoms with Gasteiger partial charge in [-0.25, -0.2) is 4.79 Å². The molecule has 0 unspecified atom stereocenters. The number of ether oxygens (including phenoxy) is 1. The second-order valence-corrected chi connectivity index (χ2v) is 5.96. The van der Waals surface area contributed by atoms with Crippen LogP contribution in [0.5, 0.6) is 0 Å². The Morgan fingerprint density at radius 2 is 2.00 bits per heavy atom. The van der Waals surface area contributed by atoms with Gasteiger partial charge in [0.2, 0.25) is 0 Å². The Morgan fingerprint density at radius 3 is 2.83 bits per heavy atom. The molecule has 0 bridgehead atoms. The molecule has 0 amide bonds. The molecule has 0 radical (unpaired) electrons. The van der Waals surface area contributed by atoms with Gasteiger partial charge in [-0.05, 0) is 48.2 Å². The van der Waals surface area contributed by atoms with Gasteiger partial charge in [-0.3, -0.25) is 0 Å². The summed E-state index contributed by atoms with van der Waals surface area (Å²) in [5.41, 5.74) is 3.23. The van der Waals surface area contributed by atoms with Crippen molar-refractivity contribution in [3.05, 3.63) is 77.0 Å². The number of halogens is 1. The summed E-state index contributed by atoms with van der Waals surface area (Å²) in [4.78, 5) is 14.9. The highest BCUT2D eigenvalue weighted by Gasteiger charge is 2.05. The van der Waals surface area contributed by atoms with Crippen molar-refractivity contribution in [2.24, 2.45) is 0 Å². The summed E-state index contributed by atoms with van der Waals surface area (Å²) in [5, 5.41) is 1.85. The number of H-pyrrole nitrogens is 1. The number of nitrogens with one attached hydrogen (secondary N) is 1. The van der Waals surface area contributed by atoms with Gasteiger partial charge in [-0.2, -0.15) is 0 Å². The molecule has 1 N–H and O–H groups in total. The highest BCUT2D eigenvalue weighted by atomic mass is 35.5. The molecule has 2 aromatic carbocycles. The van der Waals surface area contributed by atoms with E-state index in [1.54, 1.807) is 6.08 Å². The lowest BCUT2D eigenvalue weighted by molar-refractivity contribution is -0.137. The van der Waals surface area contributed by atoms with Crippen LogP contribution in [-0.2, 0) is 16.0 Å². The molecule has 122 valence electrons. The number of fused-ring (bicyclic) bond motifs is 1. The lowest BCUT2D eigenvalue weighted by atomic mass is 10.1. The van der Waals surface area contributed by atoms with Crippen LogP contribution < -0.4 is 0 Å². The fourth-order valence-corrected chi connectivity index (χ4v) is 2.74. The Morgan fingerprint density at radius 1 is 1.17 bits per heavy atom. The molecular weight excluding hydrogens is 322 g/mol. The third-order valence-corrected chi connectivity index (χ3v) is 4.01. The molecule has 0 aliphatic heterocycles. The number of hydrogen-bond acceptors (Lipinski definition) is 2. The zero-order valence-electron chi connectivity index (χ0n) is 13.2. The molecule has 0 spiro atoms. The molecular formula is C20H18ClNO2. The number of aromatic amines is 1. The number of hydrogen-bond donors (Lipinski definition) is 1. The molecule has 4 heteroatoms. The Hall–Kier alpha value is -2.52. The topological polar surface area (TPSA) is 42.1 Å². The van der Waals surface area contributed by atoms with Crippen LogP contribution in [0.1, 0.15) is 17.5 Å². The predicted molar refractivity (Wildman–Crippen MR) is 98.1 cm³/mol. The Kier molecular flexibility index (Phi) is 5.34. The number of rotatable bonds is 6. The van der Waals surface area contributed by atoms with Gasteiger partial charge in [0.05, 0.1) is 6.61 Å². The van der Waals surface area contributed by atoms with Crippen molar-refractivity contribution < 1.29 is 9.53 Å². The van der Waals surface area contributed by atoms with Gasteiger partial charge in [-0.1, -0.05) is 41.9 Å². The van der Waals surface area contributed by atoms with E-state index in [0.29, 0.717) is 6.61 Å². The summed E-state index contributed by atoms with van der Waals surface area (Å²) in [6.45, 7) is 0.394. The van der Waals surface area contributed by atoms with E-state index in [1.165, 1.54) is 11.6 Å². The molecule has 0 saturated heterocycles. The van der Waals surface area contributed by atoms with Crippen molar-refractivity contribution in [3.63, 3.8) is 0 Å². The van der Waals surface area contributed by atoms with E-state index >= 15 is 0 Å². The summed E-state index contributed by atoms with van der Waals surface area (Å²) >= 11 is 6.04. The number of esters is 1. The third-order valence-electron chi connectivity index (χ3n) is 3.78. The first-order valence-electron chi connectivity index (χ1n) is 7.88. The van der Waals surface area contributed by atoms with Crippen LogP contribution in [-0.4, -0.2) is 17.6 Å². The van der Waals surface area contributed by atoms with E-state index in [-0.39, 0.29) is 5.97 Å². The van der Waals surface area contributed by atoms with E-state index < -0.39 is 0 Å². The van der Waals surface area contributed by atoms with Crippen molar-refractivity contribution >= 4 is 34.5 Å². The first-order chi connectivity index (χ1) is 11.7. The average Bonchev–Trinajstić information content (AvgIpc) is 3.00. The summed E-state index contributed by atoms with van der Waals surface area (Å²) in [5.74, 6) is -0.319. The minimum Gasteiger partial charge on any atom is -0.463 e. The van der Waals surface area contributed by atoms with Gasteiger partial charge in [0.25, 0.3) is 0 Å². The lowest BCUT2D eigenvalue weighted by Gasteiger charge is -2.02. The second-order valence-electron chi connectivity index (χ2n) is 5.52. The van der Waals surface area contributed by atoms with E-state index in [9.17, 15) is 4.79 Å². The minimum absolute atomic E-state index is 0.319. The largest absolute Gasteiger partial charge is 0.463 e. The van der Waals surface area contributed by atoms with Gasteiger partial charge in [0, 0.05) is 28.2 Å². The maximum absolute atomic E-state index is 11.7. The molecule has 24 heavy (non-hydrogen) atoms. The second kappa shape index (κ2) is 7.84. The highest BCUT2D eigenvalue weighted by Crippen LogP contribution is 2.23. The van der Waals surface area contributed by atoms with E-state index in [4.69, 9.17) is 16.3 Å². The predicted octanol–water partition coefficient (Wildman–Crippen LogP) is 5.01. The van der Waals surface area contributed by atoms with Crippen molar-refractivity contribution in [2.45, 2.75) is 12.8 Å². The first-order valence-corrected chi connectivity index (χ1v) is 8.25. The Bertz CT molecular complexity index is 852. The molecule has 0 aliphatic rings. The van der Waals surface area contributed by atoms with Gasteiger partial charge >= 0.3 is 5.97 Å². The van der Waals surface area contributed by atoms with Crippen molar-refractivity contribution in [2.75, 3.05) is 6.61 Å². The molecule has 1 aromatic heterocycles. The van der Waals surface area contributed by atoms with Gasteiger partial charge in [0.1, 0.15) is 0 Å². The van der Waals surface area contributed by atoms with Gasteiger partial charge in [0.15, 0.2) is 0 Å². The minimum atomic E-state index is -0.319. The Balaban J connectivity index is 1.47. The molecule has 3 nitrogen and oxygen atoms in total.